The Hall–Kier alpha value is -0.825. The van der Waals surface area contributed by atoms with Gasteiger partial charge in [0, 0.05) is 6.07 Å². The molecule has 2 nitrogen and oxygen atoms in total. The molecule has 2 radical (unpaired) electrons. The van der Waals surface area contributed by atoms with Gasteiger partial charge in [0.05, 0.1) is 27.1 Å². The third kappa shape index (κ3) is 2.10. The SMILES string of the molecule is [B]Cc1cc(OC)c(Cl)cc1OC. The zero-order chi connectivity index (χ0) is 9.84. The summed E-state index contributed by atoms with van der Waals surface area (Å²) in [7, 11) is 8.67. The molecule has 1 rings (SSSR count). The number of methoxy groups -OCH3 is 2. The summed E-state index contributed by atoms with van der Waals surface area (Å²) in [5.41, 5.74) is 0.878. The predicted octanol–water partition coefficient (Wildman–Crippen LogP) is 2.03. The number of benzene rings is 1. The fourth-order valence-corrected chi connectivity index (χ4v) is 1.31. The monoisotopic (exact) mass is 196 g/mol. The van der Waals surface area contributed by atoms with E-state index in [0.29, 0.717) is 22.8 Å². The molecule has 0 spiro atoms. The fourth-order valence-electron chi connectivity index (χ4n) is 1.08. The summed E-state index contributed by atoms with van der Waals surface area (Å²) < 4.78 is 10.1. The lowest BCUT2D eigenvalue weighted by Crippen LogP contribution is -1.94. The van der Waals surface area contributed by atoms with Crippen LogP contribution < -0.4 is 9.47 Å². The van der Waals surface area contributed by atoms with Gasteiger partial charge in [-0.15, -0.1) is 0 Å². The maximum Gasteiger partial charge on any atom is 0.137 e. The Labute approximate surface area is 84.2 Å². The van der Waals surface area contributed by atoms with Gasteiger partial charge >= 0.3 is 0 Å². The minimum atomic E-state index is 0.400. The lowest BCUT2D eigenvalue weighted by atomic mass is 9.96. The normalized spacial score (nSPS) is 9.77. The first-order chi connectivity index (χ1) is 6.22. The van der Waals surface area contributed by atoms with Crippen LogP contribution in [0.1, 0.15) is 5.56 Å². The Kier molecular flexibility index (Phi) is 3.49. The van der Waals surface area contributed by atoms with Crippen LogP contribution in [0.15, 0.2) is 12.1 Å². The van der Waals surface area contributed by atoms with Crippen LogP contribution in [0.4, 0.5) is 0 Å². The van der Waals surface area contributed by atoms with Gasteiger partial charge in [-0.3, -0.25) is 0 Å². The number of halogens is 1. The van der Waals surface area contributed by atoms with Crippen LogP contribution in [-0.2, 0) is 6.32 Å². The van der Waals surface area contributed by atoms with Crippen LogP contribution >= 0.6 is 11.6 Å². The summed E-state index contributed by atoms with van der Waals surface area (Å²) >= 11 is 5.89. The van der Waals surface area contributed by atoms with E-state index in [9.17, 15) is 0 Å². The van der Waals surface area contributed by atoms with Crippen molar-refractivity contribution in [2.75, 3.05) is 14.2 Å². The van der Waals surface area contributed by atoms with Gasteiger partial charge in [0.25, 0.3) is 0 Å². The highest BCUT2D eigenvalue weighted by molar-refractivity contribution is 6.32. The standard InChI is InChI=1S/C9H10BClO2/c1-12-8-4-7(11)9(13-2)3-6(8)5-10/h3-4H,5H2,1-2H3. The van der Waals surface area contributed by atoms with Crippen molar-refractivity contribution < 1.29 is 9.47 Å². The van der Waals surface area contributed by atoms with E-state index in [4.69, 9.17) is 28.9 Å². The van der Waals surface area contributed by atoms with E-state index in [1.54, 1.807) is 26.4 Å². The van der Waals surface area contributed by atoms with Crippen molar-refractivity contribution in [1.29, 1.82) is 0 Å². The highest BCUT2D eigenvalue weighted by atomic mass is 35.5. The van der Waals surface area contributed by atoms with E-state index in [2.05, 4.69) is 0 Å². The quantitative estimate of drug-likeness (QED) is 0.689. The molecule has 0 unspecified atom stereocenters. The number of hydrogen-bond donors (Lipinski definition) is 0. The van der Waals surface area contributed by atoms with E-state index in [-0.39, 0.29) is 0 Å². The molecule has 0 heterocycles. The van der Waals surface area contributed by atoms with Gasteiger partial charge < -0.3 is 9.47 Å². The first kappa shape index (κ1) is 10.3. The molecule has 0 saturated heterocycles. The van der Waals surface area contributed by atoms with E-state index >= 15 is 0 Å². The smallest absolute Gasteiger partial charge is 0.137 e. The molecule has 0 aliphatic heterocycles. The van der Waals surface area contributed by atoms with Crippen LogP contribution in [0, 0.1) is 0 Å². The van der Waals surface area contributed by atoms with Crippen LogP contribution in [-0.4, -0.2) is 22.1 Å². The average Bonchev–Trinajstić information content (AvgIpc) is 2.17. The molecule has 68 valence electrons. The second-order valence-corrected chi connectivity index (χ2v) is 2.91. The molecule has 0 aromatic heterocycles. The van der Waals surface area contributed by atoms with Crippen molar-refractivity contribution in [3.8, 4) is 11.5 Å². The molecule has 0 amide bonds. The van der Waals surface area contributed by atoms with Crippen molar-refractivity contribution in [3.05, 3.63) is 22.7 Å². The van der Waals surface area contributed by atoms with E-state index in [1.807, 2.05) is 0 Å². The average molecular weight is 196 g/mol. The molecule has 1 aromatic carbocycles. The summed E-state index contributed by atoms with van der Waals surface area (Å²) in [6.45, 7) is 0. The van der Waals surface area contributed by atoms with Crippen molar-refractivity contribution in [1.82, 2.24) is 0 Å². The van der Waals surface area contributed by atoms with Crippen LogP contribution in [0.2, 0.25) is 5.02 Å². The summed E-state index contributed by atoms with van der Waals surface area (Å²) in [6, 6.07) is 3.48. The molecule has 0 atom stereocenters. The molecule has 13 heavy (non-hydrogen) atoms. The molecule has 0 aliphatic rings. The summed E-state index contributed by atoms with van der Waals surface area (Å²) in [6.07, 6.45) is 0.400. The van der Waals surface area contributed by atoms with Gasteiger partial charge in [0.15, 0.2) is 0 Å². The summed E-state index contributed by atoms with van der Waals surface area (Å²) in [4.78, 5) is 0. The summed E-state index contributed by atoms with van der Waals surface area (Å²) in [5.74, 6) is 1.30. The molecule has 0 aliphatic carbocycles. The van der Waals surface area contributed by atoms with E-state index < -0.39 is 0 Å². The maximum atomic E-state index is 5.89. The van der Waals surface area contributed by atoms with Gasteiger partial charge in [0.2, 0.25) is 0 Å². The summed E-state index contributed by atoms with van der Waals surface area (Å²) in [5, 5.41) is 0.525. The van der Waals surface area contributed by atoms with Gasteiger partial charge in [-0.2, -0.15) is 0 Å². The molecule has 0 N–H and O–H groups in total. The van der Waals surface area contributed by atoms with Gasteiger partial charge in [-0.1, -0.05) is 17.9 Å². The second-order valence-electron chi connectivity index (χ2n) is 2.50. The third-order valence-corrected chi connectivity index (χ3v) is 2.07. The Morgan fingerprint density at radius 3 is 2.31 bits per heavy atom. The Morgan fingerprint density at radius 2 is 1.85 bits per heavy atom. The zero-order valence-corrected chi connectivity index (χ0v) is 8.39. The van der Waals surface area contributed by atoms with Crippen LogP contribution in [0.5, 0.6) is 11.5 Å². The lowest BCUT2D eigenvalue weighted by Gasteiger charge is -2.10. The van der Waals surface area contributed by atoms with Crippen molar-refractivity contribution in [2.24, 2.45) is 0 Å². The number of ether oxygens (including phenoxy) is 2. The van der Waals surface area contributed by atoms with Gasteiger partial charge in [-0.25, -0.2) is 0 Å². The van der Waals surface area contributed by atoms with Crippen LogP contribution in [0.25, 0.3) is 0 Å². The Balaban J connectivity index is 3.18. The molecule has 1 aromatic rings. The molecule has 0 bridgehead atoms. The molecule has 4 heteroatoms. The second kappa shape index (κ2) is 4.42. The van der Waals surface area contributed by atoms with Crippen molar-refractivity contribution in [2.45, 2.75) is 6.32 Å². The van der Waals surface area contributed by atoms with E-state index in [1.165, 1.54) is 0 Å². The number of hydrogen-bond acceptors (Lipinski definition) is 2. The first-order valence-corrected chi connectivity index (χ1v) is 4.21. The predicted molar refractivity (Wildman–Crippen MR) is 54.0 cm³/mol. The molecular weight excluding hydrogens is 186 g/mol. The topological polar surface area (TPSA) is 18.5 Å². The molecule has 0 fully saturated rings. The minimum Gasteiger partial charge on any atom is -0.496 e. The number of rotatable bonds is 3. The van der Waals surface area contributed by atoms with Crippen molar-refractivity contribution >= 4 is 19.4 Å². The minimum absolute atomic E-state index is 0.400. The largest absolute Gasteiger partial charge is 0.496 e. The van der Waals surface area contributed by atoms with Gasteiger partial charge in [-0.05, 0) is 11.6 Å². The van der Waals surface area contributed by atoms with Crippen molar-refractivity contribution in [3.63, 3.8) is 0 Å². The van der Waals surface area contributed by atoms with E-state index in [0.717, 1.165) is 5.56 Å². The Bertz CT molecular complexity index is 302. The third-order valence-electron chi connectivity index (χ3n) is 1.77. The first-order valence-electron chi connectivity index (χ1n) is 3.83. The molecular formula is C9H10BClO2. The zero-order valence-electron chi connectivity index (χ0n) is 7.63. The lowest BCUT2D eigenvalue weighted by molar-refractivity contribution is 0.400. The van der Waals surface area contributed by atoms with Gasteiger partial charge in [0.1, 0.15) is 11.5 Å². The highest BCUT2D eigenvalue weighted by Gasteiger charge is 2.07. The maximum absolute atomic E-state index is 5.89. The molecule has 0 saturated carbocycles. The van der Waals surface area contributed by atoms with Crippen LogP contribution in [0.3, 0.4) is 0 Å². The fraction of sp³-hybridized carbons (Fsp3) is 0.333. The highest BCUT2D eigenvalue weighted by Crippen LogP contribution is 2.32. The Morgan fingerprint density at radius 1 is 1.23 bits per heavy atom.